The van der Waals surface area contributed by atoms with Gasteiger partial charge in [-0.2, -0.15) is 0 Å². The molecule has 5 rings (SSSR count). The van der Waals surface area contributed by atoms with Crippen LogP contribution in [0.25, 0.3) is 21.6 Å². The first-order valence-electron chi connectivity index (χ1n) is 10.9. The molecule has 168 valence electrons. The second kappa shape index (κ2) is 10.4. The van der Waals surface area contributed by atoms with E-state index in [4.69, 9.17) is 14.7 Å². The summed E-state index contributed by atoms with van der Waals surface area (Å²) < 4.78 is 5.41. The fourth-order valence-electron chi connectivity index (χ4n) is 3.72. The predicted octanol–water partition coefficient (Wildman–Crippen LogP) is 4.92. The highest BCUT2D eigenvalue weighted by molar-refractivity contribution is 8.00. The lowest BCUT2D eigenvalue weighted by atomic mass is 10.2. The van der Waals surface area contributed by atoms with Crippen LogP contribution in [-0.2, 0) is 16.1 Å². The van der Waals surface area contributed by atoms with Gasteiger partial charge >= 0.3 is 0 Å². The number of para-hydroxylation sites is 1. The van der Waals surface area contributed by atoms with E-state index in [1.54, 1.807) is 11.3 Å². The van der Waals surface area contributed by atoms with E-state index in [1.165, 1.54) is 17.3 Å². The number of amides is 1. The van der Waals surface area contributed by atoms with Crippen LogP contribution < -0.4 is 5.32 Å². The van der Waals surface area contributed by atoms with Crippen molar-refractivity contribution in [3.05, 3.63) is 71.6 Å². The lowest BCUT2D eigenvalue weighted by molar-refractivity contribution is -0.113. The number of carbonyl (C=O) groups excluding carboxylic acids is 1. The van der Waals surface area contributed by atoms with Gasteiger partial charge in [0.15, 0.2) is 5.82 Å². The molecule has 0 bridgehead atoms. The lowest BCUT2D eigenvalue weighted by Gasteiger charge is -2.26. The summed E-state index contributed by atoms with van der Waals surface area (Å²) in [6.45, 7) is 4.41. The van der Waals surface area contributed by atoms with Crippen molar-refractivity contribution in [1.29, 1.82) is 0 Å². The van der Waals surface area contributed by atoms with Crippen LogP contribution in [0.1, 0.15) is 5.56 Å². The monoisotopic (exact) mass is 476 g/mol. The second-order valence-corrected chi connectivity index (χ2v) is 9.68. The Kier molecular flexibility index (Phi) is 6.97. The second-order valence-electron chi connectivity index (χ2n) is 7.77. The molecule has 1 N–H and O–H groups in total. The Labute approximate surface area is 201 Å². The Morgan fingerprint density at radius 2 is 1.85 bits per heavy atom. The molecule has 3 heterocycles. The molecule has 8 heteroatoms. The first-order chi connectivity index (χ1) is 16.2. The highest BCUT2D eigenvalue weighted by Gasteiger charge is 2.13. The van der Waals surface area contributed by atoms with Crippen LogP contribution in [0.2, 0.25) is 0 Å². The maximum atomic E-state index is 12.6. The summed E-state index contributed by atoms with van der Waals surface area (Å²) in [5, 5.41) is 6.79. The lowest BCUT2D eigenvalue weighted by Crippen LogP contribution is -2.35. The topological polar surface area (TPSA) is 67.4 Å². The molecule has 1 saturated heterocycles. The van der Waals surface area contributed by atoms with E-state index in [-0.39, 0.29) is 11.7 Å². The number of anilines is 1. The largest absolute Gasteiger partial charge is 0.379 e. The number of fused-ring (bicyclic) bond motifs is 1. The number of carbonyl (C=O) groups is 1. The van der Waals surface area contributed by atoms with E-state index in [0.29, 0.717) is 5.82 Å². The van der Waals surface area contributed by atoms with E-state index in [1.807, 2.05) is 53.9 Å². The van der Waals surface area contributed by atoms with Crippen LogP contribution in [0.5, 0.6) is 0 Å². The van der Waals surface area contributed by atoms with Gasteiger partial charge in [-0.05, 0) is 35.2 Å². The zero-order chi connectivity index (χ0) is 22.5. The van der Waals surface area contributed by atoms with Gasteiger partial charge in [0.1, 0.15) is 5.03 Å². The smallest absolute Gasteiger partial charge is 0.234 e. The normalized spacial score (nSPS) is 14.4. The molecule has 0 aliphatic carbocycles. The zero-order valence-corrected chi connectivity index (χ0v) is 19.7. The number of rotatable bonds is 7. The highest BCUT2D eigenvalue weighted by Crippen LogP contribution is 2.30. The van der Waals surface area contributed by atoms with E-state index < -0.39 is 0 Å². The Hall–Kier alpha value is -2.78. The van der Waals surface area contributed by atoms with Crippen molar-refractivity contribution in [2.45, 2.75) is 11.6 Å². The maximum absolute atomic E-state index is 12.6. The SMILES string of the molecule is O=C(CSc1nc(-c2cccs2)nc2ccccc12)Nc1ccc(CN2CCOCC2)cc1. The molecular weight excluding hydrogens is 452 g/mol. The van der Waals surface area contributed by atoms with Crippen molar-refractivity contribution in [2.75, 3.05) is 37.4 Å². The summed E-state index contributed by atoms with van der Waals surface area (Å²) >= 11 is 3.05. The van der Waals surface area contributed by atoms with Crippen molar-refractivity contribution in [2.24, 2.45) is 0 Å². The summed E-state index contributed by atoms with van der Waals surface area (Å²) in [7, 11) is 0. The molecule has 1 aliphatic rings. The van der Waals surface area contributed by atoms with E-state index in [9.17, 15) is 4.79 Å². The fraction of sp³-hybridized carbons (Fsp3) is 0.240. The number of thioether (sulfide) groups is 1. The molecule has 1 amide bonds. The highest BCUT2D eigenvalue weighted by atomic mass is 32.2. The van der Waals surface area contributed by atoms with Crippen LogP contribution in [0.4, 0.5) is 5.69 Å². The minimum absolute atomic E-state index is 0.0544. The maximum Gasteiger partial charge on any atom is 0.234 e. The molecule has 2 aromatic carbocycles. The van der Waals surface area contributed by atoms with Gasteiger partial charge in [0.25, 0.3) is 0 Å². The number of aromatic nitrogens is 2. The van der Waals surface area contributed by atoms with E-state index >= 15 is 0 Å². The molecule has 1 aliphatic heterocycles. The third kappa shape index (κ3) is 5.59. The van der Waals surface area contributed by atoms with Crippen molar-refractivity contribution in [3.8, 4) is 10.7 Å². The first-order valence-corrected chi connectivity index (χ1v) is 12.7. The third-order valence-corrected chi connectivity index (χ3v) is 7.25. The summed E-state index contributed by atoms with van der Waals surface area (Å²) in [6, 6.07) is 20.0. The van der Waals surface area contributed by atoms with Crippen LogP contribution >= 0.6 is 23.1 Å². The molecule has 0 radical (unpaired) electrons. The number of hydrogen-bond donors (Lipinski definition) is 1. The van der Waals surface area contributed by atoms with E-state index in [0.717, 1.165) is 59.3 Å². The number of ether oxygens (including phenoxy) is 1. The van der Waals surface area contributed by atoms with Gasteiger partial charge in [-0.15, -0.1) is 11.3 Å². The Balaban J connectivity index is 1.23. The average molecular weight is 477 g/mol. The van der Waals surface area contributed by atoms with Crippen molar-refractivity contribution in [3.63, 3.8) is 0 Å². The molecule has 33 heavy (non-hydrogen) atoms. The number of benzene rings is 2. The number of nitrogens with zero attached hydrogens (tertiary/aromatic N) is 3. The number of morpholine rings is 1. The third-order valence-electron chi connectivity index (χ3n) is 5.40. The Morgan fingerprint density at radius 1 is 1.03 bits per heavy atom. The van der Waals surface area contributed by atoms with Gasteiger partial charge in [0.2, 0.25) is 5.91 Å². The molecule has 6 nitrogen and oxygen atoms in total. The summed E-state index contributed by atoms with van der Waals surface area (Å²) in [5.74, 6) is 0.921. The quantitative estimate of drug-likeness (QED) is 0.302. The molecule has 0 atom stereocenters. The summed E-state index contributed by atoms with van der Waals surface area (Å²) in [6.07, 6.45) is 0. The van der Waals surface area contributed by atoms with Crippen molar-refractivity contribution >= 4 is 45.6 Å². The van der Waals surface area contributed by atoms with E-state index in [2.05, 4.69) is 22.3 Å². The van der Waals surface area contributed by atoms with Gasteiger partial charge in [-0.1, -0.05) is 48.2 Å². The number of hydrogen-bond acceptors (Lipinski definition) is 7. The van der Waals surface area contributed by atoms with Crippen LogP contribution in [0, 0.1) is 0 Å². The van der Waals surface area contributed by atoms with Gasteiger partial charge in [-0.3, -0.25) is 9.69 Å². The Morgan fingerprint density at radius 3 is 2.64 bits per heavy atom. The average Bonchev–Trinajstić information content (AvgIpc) is 3.39. The number of thiophene rings is 1. The summed E-state index contributed by atoms with van der Waals surface area (Å²) in [5.41, 5.74) is 2.92. The van der Waals surface area contributed by atoms with Gasteiger partial charge in [-0.25, -0.2) is 9.97 Å². The standard InChI is InChI=1S/C25H24N4O2S2/c30-23(26-19-9-7-18(8-10-19)16-29-11-13-31-14-12-29)17-33-25-20-4-1-2-5-21(20)27-24(28-25)22-6-3-15-32-22/h1-10,15H,11-14,16-17H2,(H,26,30). The van der Waals surface area contributed by atoms with Gasteiger partial charge in [0.05, 0.1) is 29.4 Å². The molecule has 1 fully saturated rings. The van der Waals surface area contributed by atoms with Crippen molar-refractivity contribution in [1.82, 2.24) is 14.9 Å². The predicted molar refractivity (Wildman–Crippen MR) is 135 cm³/mol. The van der Waals surface area contributed by atoms with Crippen molar-refractivity contribution < 1.29 is 9.53 Å². The fourth-order valence-corrected chi connectivity index (χ4v) is 5.19. The molecule has 2 aromatic heterocycles. The zero-order valence-electron chi connectivity index (χ0n) is 18.1. The summed E-state index contributed by atoms with van der Waals surface area (Å²) in [4.78, 5) is 25.5. The minimum atomic E-state index is -0.0544. The Bertz CT molecular complexity index is 1220. The molecule has 0 spiro atoms. The molecular formula is C25H24N4O2S2. The van der Waals surface area contributed by atoms with Crippen LogP contribution in [0.3, 0.4) is 0 Å². The molecule has 4 aromatic rings. The number of nitrogens with one attached hydrogen (secondary N) is 1. The molecule has 0 unspecified atom stereocenters. The minimum Gasteiger partial charge on any atom is -0.379 e. The van der Waals surface area contributed by atoms with Gasteiger partial charge in [0, 0.05) is 30.7 Å². The van der Waals surface area contributed by atoms with Gasteiger partial charge < -0.3 is 10.1 Å². The van der Waals surface area contributed by atoms with Crippen LogP contribution in [-0.4, -0.2) is 52.8 Å². The first kappa shape index (κ1) is 22.0. The van der Waals surface area contributed by atoms with Crippen LogP contribution in [0.15, 0.2) is 71.1 Å². The molecule has 0 saturated carbocycles.